The molecule has 1 aromatic heterocycles. The minimum atomic E-state index is -2.21. The average molecular weight is 963 g/mol. The van der Waals surface area contributed by atoms with Gasteiger partial charge in [0, 0.05) is 41.2 Å². The lowest BCUT2D eigenvalue weighted by Gasteiger charge is -2.39. The zero-order valence-electron chi connectivity index (χ0n) is 42.5. The first-order valence-electron chi connectivity index (χ1n) is 25.0. The molecule has 1 saturated carbocycles. The normalized spacial score (nSPS) is 16.1. The Bertz CT molecular complexity index is 2720. The van der Waals surface area contributed by atoms with Gasteiger partial charge >= 0.3 is 6.09 Å². The Hall–Kier alpha value is -5.98. The van der Waals surface area contributed by atoms with Crippen LogP contribution in [0, 0.1) is 0 Å². The van der Waals surface area contributed by atoms with Gasteiger partial charge in [-0.25, -0.2) is 4.79 Å². The molecule has 11 heteroatoms. The van der Waals surface area contributed by atoms with Crippen LogP contribution in [0.2, 0.25) is 18.1 Å². The minimum Gasteiger partial charge on any atom is -0.493 e. The topological polar surface area (TPSA) is 125 Å². The average Bonchev–Trinajstić information content (AvgIpc) is 3.32. The molecule has 0 saturated heterocycles. The first-order chi connectivity index (χ1) is 33.4. The molecule has 7 rings (SSSR count). The van der Waals surface area contributed by atoms with Crippen LogP contribution in [0.15, 0.2) is 138 Å². The molecule has 0 aliphatic heterocycles. The Kier molecular flexibility index (Phi) is 17.3. The van der Waals surface area contributed by atoms with E-state index in [1.807, 2.05) is 91.0 Å². The van der Waals surface area contributed by atoms with Crippen molar-refractivity contribution in [3.05, 3.63) is 166 Å². The molecule has 1 aliphatic rings. The zero-order valence-corrected chi connectivity index (χ0v) is 43.5. The molecule has 4 N–H and O–H groups in total. The molecule has 0 unspecified atom stereocenters. The van der Waals surface area contributed by atoms with Gasteiger partial charge in [-0.3, -0.25) is 9.69 Å². The Morgan fingerprint density at radius 1 is 0.829 bits per heavy atom. The first kappa shape index (κ1) is 51.9. The van der Waals surface area contributed by atoms with E-state index in [-0.39, 0.29) is 28.3 Å². The van der Waals surface area contributed by atoms with E-state index >= 15 is 0 Å². The number of H-pyrrole nitrogens is 1. The number of anilines is 1. The number of nitrogens with one attached hydrogen (secondary N) is 3. The third-order valence-electron chi connectivity index (χ3n) is 13.7. The van der Waals surface area contributed by atoms with E-state index in [1.54, 1.807) is 11.0 Å². The summed E-state index contributed by atoms with van der Waals surface area (Å²) in [6.07, 6.45) is 8.01. The first-order valence-corrected chi connectivity index (χ1v) is 27.9. The maximum atomic E-state index is 13.0. The number of rotatable bonds is 20. The van der Waals surface area contributed by atoms with Crippen LogP contribution in [0.5, 0.6) is 11.5 Å². The van der Waals surface area contributed by atoms with Gasteiger partial charge in [0.25, 0.3) is 0 Å². The van der Waals surface area contributed by atoms with Crippen LogP contribution < -0.4 is 30.6 Å². The summed E-state index contributed by atoms with van der Waals surface area (Å²) in [5, 5.41) is 19.0. The van der Waals surface area contributed by atoms with Gasteiger partial charge < -0.3 is 34.6 Å². The van der Waals surface area contributed by atoms with Gasteiger partial charge in [-0.1, -0.05) is 124 Å². The molecule has 0 radical (unpaired) electrons. The lowest BCUT2D eigenvalue weighted by atomic mass is 9.88. The molecule has 1 heterocycles. The van der Waals surface area contributed by atoms with Crippen molar-refractivity contribution < 1.29 is 23.8 Å². The number of amides is 1. The molecule has 0 spiro atoms. The van der Waals surface area contributed by atoms with Crippen molar-refractivity contribution in [1.29, 1.82) is 0 Å². The number of fused-ring (bicyclic) bond motifs is 1. The van der Waals surface area contributed by atoms with Crippen molar-refractivity contribution in [1.82, 2.24) is 15.6 Å². The lowest BCUT2D eigenvalue weighted by Crippen LogP contribution is -2.49. The predicted octanol–water partition coefficient (Wildman–Crippen LogP) is 13.3. The third-order valence-corrected chi connectivity index (χ3v) is 18.2. The van der Waals surface area contributed by atoms with Crippen molar-refractivity contribution in [2.45, 2.75) is 129 Å². The standard InChI is InChI=1S/C59H74N4O6Si/c1-58(2,3)62-46-25-27-47(28-26-46)63(57(65)66)52-39-43(24-31-49(52)45-20-13-10-14-21-45)17-15-16-38-67-48-29-22-42(23-30-48)36-37-60-40-54(69-70(7,8)59(4,5)6)50-32-34-53(56-51(50)33-35-55(64)61-56)68-41-44-18-11-9-12-19-44/h9-15,17-24,29-35,39,46-47,54,60,62H,16,25-28,36-38,40-41H2,1-8H3,(H,61,64)(H,65,66)/t46?,47?,54-/m0/s1. The zero-order chi connectivity index (χ0) is 49.9. The van der Waals surface area contributed by atoms with Crippen LogP contribution in [0.3, 0.4) is 0 Å². The van der Waals surface area contributed by atoms with Gasteiger partial charge in [-0.2, -0.15) is 0 Å². The van der Waals surface area contributed by atoms with Crippen molar-refractivity contribution >= 4 is 37.1 Å². The second-order valence-electron chi connectivity index (χ2n) is 21.2. The molecule has 1 aliphatic carbocycles. The Morgan fingerprint density at radius 3 is 2.20 bits per heavy atom. The SMILES string of the molecule is CC(C)(C)NC1CCC(N(C(=O)O)c2cc(C=CCCOc3ccc(CCNC[C@H](O[Si](C)(C)C(C)(C)C)c4ccc(OCc5ccccc5)c5[nH]c(=O)ccc45)cc3)ccc2-c2ccccc2)CC1. The van der Waals surface area contributed by atoms with E-state index in [1.165, 1.54) is 5.56 Å². The van der Waals surface area contributed by atoms with Gasteiger partial charge in [-0.15, -0.1) is 0 Å². The van der Waals surface area contributed by atoms with Crippen molar-refractivity contribution in [3.8, 4) is 22.6 Å². The number of carbonyl (C=O) groups is 1. The summed E-state index contributed by atoms with van der Waals surface area (Å²) < 4.78 is 19.5. The quantitative estimate of drug-likeness (QED) is 0.0440. The summed E-state index contributed by atoms with van der Waals surface area (Å²) in [6.45, 7) is 20.1. The van der Waals surface area contributed by atoms with E-state index < -0.39 is 14.4 Å². The van der Waals surface area contributed by atoms with Crippen LogP contribution in [0.25, 0.3) is 28.1 Å². The van der Waals surface area contributed by atoms with E-state index in [2.05, 4.69) is 113 Å². The maximum Gasteiger partial charge on any atom is 0.412 e. The van der Waals surface area contributed by atoms with Crippen LogP contribution in [0.4, 0.5) is 10.5 Å². The third kappa shape index (κ3) is 14.1. The smallest absolute Gasteiger partial charge is 0.412 e. The number of nitrogens with zero attached hydrogens (tertiary/aromatic N) is 1. The van der Waals surface area contributed by atoms with Crippen molar-refractivity contribution in [2.75, 3.05) is 24.6 Å². The second kappa shape index (κ2) is 23.3. The summed E-state index contributed by atoms with van der Waals surface area (Å²) in [7, 11) is -2.21. The lowest BCUT2D eigenvalue weighted by molar-refractivity contribution is 0.182. The highest BCUT2D eigenvalue weighted by molar-refractivity contribution is 6.74. The number of hydrogen-bond donors (Lipinski definition) is 4. The van der Waals surface area contributed by atoms with E-state index in [4.69, 9.17) is 13.9 Å². The van der Waals surface area contributed by atoms with Gasteiger partial charge in [-0.05, 0) is 142 Å². The maximum absolute atomic E-state index is 13.0. The molecule has 10 nitrogen and oxygen atoms in total. The number of aromatic amines is 1. The largest absolute Gasteiger partial charge is 0.493 e. The number of hydrogen-bond acceptors (Lipinski definition) is 7. The van der Waals surface area contributed by atoms with Gasteiger partial charge in [0.1, 0.15) is 18.1 Å². The molecule has 6 aromatic rings. The fourth-order valence-corrected chi connectivity index (χ4v) is 10.3. The van der Waals surface area contributed by atoms with Gasteiger partial charge in [0.2, 0.25) is 5.56 Å². The van der Waals surface area contributed by atoms with Gasteiger partial charge in [0.15, 0.2) is 8.32 Å². The van der Waals surface area contributed by atoms with Gasteiger partial charge in [0.05, 0.1) is 23.9 Å². The highest BCUT2D eigenvalue weighted by Gasteiger charge is 2.40. The van der Waals surface area contributed by atoms with Crippen molar-refractivity contribution in [3.63, 3.8) is 0 Å². The summed E-state index contributed by atoms with van der Waals surface area (Å²) >= 11 is 0. The Balaban J connectivity index is 0.949. The number of pyridine rings is 1. The van der Waals surface area contributed by atoms with Crippen LogP contribution in [-0.2, 0) is 17.5 Å². The predicted molar refractivity (Wildman–Crippen MR) is 290 cm³/mol. The highest BCUT2D eigenvalue weighted by atomic mass is 28.4. The molecule has 70 heavy (non-hydrogen) atoms. The number of benzene rings is 5. The van der Waals surface area contributed by atoms with E-state index in [0.717, 1.165) is 83.3 Å². The Morgan fingerprint density at radius 2 is 1.53 bits per heavy atom. The van der Waals surface area contributed by atoms with Crippen LogP contribution >= 0.6 is 0 Å². The van der Waals surface area contributed by atoms with Crippen LogP contribution in [-0.4, -0.2) is 61.8 Å². The van der Waals surface area contributed by atoms with Crippen LogP contribution in [0.1, 0.15) is 102 Å². The second-order valence-corrected chi connectivity index (χ2v) is 26.0. The highest BCUT2D eigenvalue weighted by Crippen LogP contribution is 2.42. The molecular formula is C59H74N4O6Si. The Labute approximate surface area is 416 Å². The molecular weight excluding hydrogens is 889 g/mol. The molecule has 0 bridgehead atoms. The number of ether oxygens (including phenoxy) is 2. The molecule has 1 atom stereocenters. The summed E-state index contributed by atoms with van der Waals surface area (Å²) in [5.41, 5.74) is 7.36. The van der Waals surface area contributed by atoms with Crippen molar-refractivity contribution in [2.24, 2.45) is 0 Å². The summed E-state index contributed by atoms with van der Waals surface area (Å²) in [5.74, 6) is 1.44. The summed E-state index contributed by atoms with van der Waals surface area (Å²) in [6, 6.07) is 42.3. The fourth-order valence-electron chi connectivity index (χ4n) is 9.07. The number of carboxylic acid groups (broad SMARTS) is 1. The monoisotopic (exact) mass is 963 g/mol. The molecule has 1 fully saturated rings. The molecule has 370 valence electrons. The number of aromatic nitrogens is 1. The minimum absolute atomic E-state index is 0.00264. The van der Waals surface area contributed by atoms with E-state index in [0.29, 0.717) is 43.5 Å². The fraction of sp³-hybridized carbons (Fsp3) is 0.390. The summed E-state index contributed by atoms with van der Waals surface area (Å²) in [4.78, 5) is 30.3. The molecule has 1 amide bonds. The molecule has 5 aromatic carbocycles. The van der Waals surface area contributed by atoms with E-state index in [9.17, 15) is 14.7 Å².